The molecule has 1 saturated carbocycles. The molecule has 0 aromatic heterocycles. The lowest BCUT2D eigenvalue weighted by Gasteiger charge is -2.21. The zero-order valence-electron chi connectivity index (χ0n) is 10.8. The monoisotopic (exact) mass is 246 g/mol. The van der Waals surface area contributed by atoms with Gasteiger partial charge in [-0.3, -0.25) is 4.79 Å². The van der Waals surface area contributed by atoms with Crippen molar-refractivity contribution >= 4 is 5.91 Å². The number of carbonyl (C=O) groups excluding carboxylic acids is 1. The molecule has 0 unspecified atom stereocenters. The van der Waals surface area contributed by atoms with Crippen molar-refractivity contribution in [2.75, 3.05) is 6.54 Å². The van der Waals surface area contributed by atoms with Crippen LogP contribution in [0.1, 0.15) is 48.0 Å². The Morgan fingerprint density at radius 1 is 1.28 bits per heavy atom. The predicted octanol–water partition coefficient (Wildman–Crippen LogP) is 2.46. The molecule has 1 amide bonds. The second-order valence-electron chi connectivity index (χ2n) is 5.20. The molecular formula is C15H22N2O. The van der Waals surface area contributed by atoms with Crippen LogP contribution in [0.5, 0.6) is 0 Å². The van der Waals surface area contributed by atoms with E-state index in [0.29, 0.717) is 5.56 Å². The van der Waals surface area contributed by atoms with Gasteiger partial charge < -0.3 is 11.1 Å². The third-order valence-corrected chi connectivity index (χ3v) is 3.70. The van der Waals surface area contributed by atoms with Crippen LogP contribution in [0, 0.1) is 5.92 Å². The third-order valence-electron chi connectivity index (χ3n) is 3.70. The second kappa shape index (κ2) is 6.55. The van der Waals surface area contributed by atoms with Gasteiger partial charge in [0.1, 0.15) is 0 Å². The summed E-state index contributed by atoms with van der Waals surface area (Å²) in [6, 6.07) is 7.54. The van der Waals surface area contributed by atoms with Crippen LogP contribution in [-0.4, -0.2) is 12.5 Å². The fraction of sp³-hybridized carbons (Fsp3) is 0.533. The van der Waals surface area contributed by atoms with Gasteiger partial charge in [0.05, 0.1) is 0 Å². The predicted molar refractivity (Wildman–Crippen MR) is 73.2 cm³/mol. The van der Waals surface area contributed by atoms with Crippen molar-refractivity contribution in [3.05, 3.63) is 35.4 Å². The summed E-state index contributed by atoms with van der Waals surface area (Å²) in [5, 5.41) is 3.49. The van der Waals surface area contributed by atoms with Crippen molar-refractivity contribution in [3.63, 3.8) is 0 Å². The Morgan fingerprint density at radius 2 is 2.06 bits per heavy atom. The molecule has 18 heavy (non-hydrogen) atoms. The Balaban J connectivity index is 1.78. The van der Waals surface area contributed by atoms with Crippen LogP contribution in [0.2, 0.25) is 0 Å². The Bertz CT molecular complexity index is 397. The number of amides is 1. The van der Waals surface area contributed by atoms with Crippen molar-refractivity contribution in [1.82, 2.24) is 5.32 Å². The summed E-state index contributed by atoms with van der Waals surface area (Å²) in [6.07, 6.45) is 6.87. The summed E-state index contributed by atoms with van der Waals surface area (Å²) >= 11 is 0. The van der Waals surface area contributed by atoms with Crippen LogP contribution in [-0.2, 0) is 6.54 Å². The molecule has 3 nitrogen and oxygen atoms in total. The normalized spacial score (nSPS) is 16.7. The molecule has 1 aromatic carbocycles. The molecule has 0 radical (unpaired) electrons. The lowest BCUT2D eigenvalue weighted by atomic mass is 9.89. The van der Waals surface area contributed by atoms with E-state index in [9.17, 15) is 4.79 Å². The van der Waals surface area contributed by atoms with E-state index in [0.717, 1.165) is 24.6 Å². The van der Waals surface area contributed by atoms with Gasteiger partial charge in [-0.1, -0.05) is 31.4 Å². The molecule has 3 heteroatoms. The zero-order valence-corrected chi connectivity index (χ0v) is 10.8. The van der Waals surface area contributed by atoms with Crippen LogP contribution in [0.3, 0.4) is 0 Å². The number of hydrogen-bond donors (Lipinski definition) is 2. The topological polar surface area (TPSA) is 55.1 Å². The maximum absolute atomic E-state index is 11.1. The van der Waals surface area contributed by atoms with E-state index in [-0.39, 0.29) is 5.91 Å². The van der Waals surface area contributed by atoms with Crippen LogP contribution in [0.15, 0.2) is 24.3 Å². The van der Waals surface area contributed by atoms with Gasteiger partial charge >= 0.3 is 0 Å². The maximum atomic E-state index is 11.1. The lowest BCUT2D eigenvalue weighted by molar-refractivity contribution is 0.1000. The van der Waals surface area contributed by atoms with Crippen molar-refractivity contribution < 1.29 is 4.79 Å². The fourth-order valence-electron chi connectivity index (χ4n) is 2.65. The Kier molecular flexibility index (Phi) is 4.76. The minimum atomic E-state index is -0.357. The molecule has 1 aromatic rings. The highest BCUT2D eigenvalue weighted by Crippen LogP contribution is 2.22. The molecule has 0 heterocycles. The van der Waals surface area contributed by atoms with Gasteiger partial charge in [-0.25, -0.2) is 0 Å². The van der Waals surface area contributed by atoms with Crippen LogP contribution < -0.4 is 11.1 Å². The first-order valence-corrected chi connectivity index (χ1v) is 6.85. The molecule has 0 aliphatic heterocycles. The van der Waals surface area contributed by atoms with E-state index in [1.807, 2.05) is 18.2 Å². The third kappa shape index (κ3) is 3.84. The smallest absolute Gasteiger partial charge is 0.248 e. The molecule has 2 rings (SSSR count). The van der Waals surface area contributed by atoms with Crippen molar-refractivity contribution in [2.24, 2.45) is 11.7 Å². The zero-order chi connectivity index (χ0) is 12.8. The number of primary amides is 1. The highest BCUT2D eigenvalue weighted by molar-refractivity contribution is 5.92. The summed E-state index contributed by atoms with van der Waals surface area (Å²) in [5.41, 5.74) is 6.99. The lowest BCUT2D eigenvalue weighted by Crippen LogP contribution is -2.24. The Hall–Kier alpha value is -1.35. The second-order valence-corrected chi connectivity index (χ2v) is 5.20. The first-order chi connectivity index (χ1) is 8.75. The summed E-state index contributed by atoms with van der Waals surface area (Å²) in [6.45, 7) is 1.90. The molecule has 3 N–H and O–H groups in total. The average molecular weight is 246 g/mol. The van der Waals surface area contributed by atoms with Gasteiger partial charge in [0.25, 0.3) is 0 Å². The van der Waals surface area contributed by atoms with E-state index in [2.05, 4.69) is 5.32 Å². The average Bonchev–Trinajstić information content (AvgIpc) is 2.40. The Morgan fingerprint density at radius 3 is 2.78 bits per heavy atom. The molecule has 0 spiro atoms. The first kappa shape index (κ1) is 13.1. The molecule has 1 fully saturated rings. The van der Waals surface area contributed by atoms with E-state index in [4.69, 9.17) is 5.73 Å². The Labute approximate surface area is 109 Å². The largest absolute Gasteiger partial charge is 0.366 e. The summed E-state index contributed by atoms with van der Waals surface area (Å²) < 4.78 is 0. The quantitative estimate of drug-likeness (QED) is 0.838. The van der Waals surface area contributed by atoms with Crippen LogP contribution >= 0.6 is 0 Å². The van der Waals surface area contributed by atoms with Gasteiger partial charge in [0, 0.05) is 12.1 Å². The number of nitrogens with two attached hydrogens (primary N) is 1. The van der Waals surface area contributed by atoms with Gasteiger partial charge in [0.15, 0.2) is 0 Å². The molecule has 0 atom stereocenters. The van der Waals surface area contributed by atoms with Crippen LogP contribution in [0.25, 0.3) is 0 Å². The molecule has 1 aliphatic rings. The van der Waals surface area contributed by atoms with E-state index in [1.54, 1.807) is 6.07 Å². The van der Waals surface area contributed by atoms with Crippen molar-refractivity contribution in [1.29, 1.82) is 0 Å². The molecule has 0 saturated heterocycles. The van der Waals surface area contributed by atoms with Gasteiger partial charge in [-0.05, 0) is 43.0 Å². The number of nitrogens with one attached hydrogen (secondary N) is 1. The molecule has 1 aliphatic carbocycles. The van der Waals surface area contributed by atoms with E-state index < -0.39 is 0 Å². The number of rotatable bonds is 5. The highest BCUT2D eigenvalue weighted by Gasteiger charge is 2.12. The standard InChI is InChI=1S/C15H22N2O/c16-15(18)14-8-4-7-13(9-14)11-17-10-12-5-2-1-3-6-12/h4,7-9,12,17H,1-3,5-6,10-11H2,(H2,16,18). The van der Waals surface area contributed by atoms with Crippen molar-refractivity contribution in [2.45, 2.75) is 38.6 Å². The highest BCUT2D eigenvalue weighted by atomic mass is 16.1. The summed E-state index contributed by atoms with van der Waals surface area (Å²) in [5.74, 6) is 0.474. The minimum Gasteiger partial charge on any atom is -0.366 e. The SMILES string of the molecule is NC(=O)c1cccc(CNCC2CCCCC2)c1. The minimum absolute atomic E-state index is 0.357. The fourth-order valence-corrected chi connectivity index (χ4v) is 2.65. The van der Waals surface area contributed by atoms with Crippen molar-refractivity contribution in [3.8, 4) is 0 Å². The maximum Gasteiger partial charge on any atom is 0.248 e. The molecular weight excluding hydrogens is 224 g/mol. The van der Waals surface area contributed by atoms with Crippen LogP contribution in [0.4, 0.5) is 0 Å². The van der Waals surface area contributed by atoms with Gasteiger partial charge in [-0.2, -0.15) is 0 Å². The molecule has 98 valence electrons. The van der Waals surface area contributed by atoms with Gasteiger partial charge in [0.2, 0.25) is 5.91 Å². The van der Waals surface area contributed by atoms with Gasteiger partial charge in [-0.15, -0.1) is 0 Å². The number of carbonyl (C=O) groups is 1. The summed E-state index contributed by atoms with van der Waals surface area (Å²) in [4.78, 5) is 11.1. The summed E-state index contributed by atoms with van der Waals surface area (Å²) in [7, 11) is 0. The molecule has 0 bridgehead atoms. The van der Waals surface area contributed by atoms with E-state index in [1.165, 1.54) is 32.1 Å². The number of hydrogen-bond acceptors (Lipinski definition) is 2. The van der Waals surface area contributed by atoms with E-state index >= 15 is 0 Å². The first-order valence-electron chi connectivity index (χ1n) is 6.85. The number of benzene rings is 1.